The number of aliphatic hydroxyl groups is 1. The first kappa shape index (κ1) is 15.0. The highest BCUT2D eigenvalue weighted by atomic mass is 16.6. The van der Waals surface area contributed by atoms with Gasteiger partial charge in [0.15, 0.2) is 5.84 Å². The second-order valence-corrected chi connectivity index (χ2v) is 5.47. The number of hydrogen-bond donors (Lipinski definition) is 3. The maximum Gasteiger partial charge on any atom is 0.270 e. The Hall–Kier alpha value is -2.35. The van der Waals surface area contributed by atoms with Gasteiger partial charge in [-0.3, -0.25) is 10.1 Å². The van der Waals surface area contributed by atoms with Crippen molar-refractivity contribution < 1.29 is 15.2 Å². The minimum atomic E-state index is -0.831. The number of nitrogens with two attached hydrogens (primary N) is 1. The molecule has 0 amide bonds. The van der Waals surface area contributed by atoms with Crippen LogP contribution in [-0.2, 0) is 0 Å². The number of non-ortho nitro benzene ring substituents is 1. The number of oxime groups is 1. The van der Waals surface area contributed by atoms with Crippen molar-refractivity contribution in [3.05, 3.63) is 33.9 Å². The molecule has 1 aliphatic heterocycles. The lowest BCUT2D eigenvalue weighted by Gasteiger charge is -2.38. The van der Waals surface area contributed by atoms with Gasteiger partial charge in [0.25, 0.3) is 5.69 Å². The molecule has 8 nitrogen and oxygen atoms in total. The Labute approximate surface area is 121 Å². The van der Waals surface area contributed by atoms with Crippen LogP contribution in [0.25, 0.3) is 0 Å². The molecule has 0 saturated carbocycles. The molecule has 1 atom stereocenters. The highest BCUT2D eigenvalue weighted by molar-refractivity contribution is 6.02. The molecule has 1 saturated heterocycles. The fourth-order valence-corrected chi connectivity index (χ4v) is 2.60. The highest BCUT2D eigenvalue weighted by Gasteiger charge is 2.30. The first-order valence-electron chi connectivity index (χ1n) is 6.58. The Kier molecular flexibility index (Phi) is 3.99. The summed E-state index contributed by atoms with van der Waals surface area (Å²) < 4.78 is 0. The van der Waals surface area contributed by atoms with Crippen LogP contribution < -0.4 is 10.6 Å². The number of piperidine rings is 1. The molecule has 1 unspecified atom stereocenters. The predicted octanol–water partition coefficient (Wildman–Crippen LogP) is 1.04. The van der Waals surface area contributed by atoms with Crippen LogP contribution in [0.2, 0.25) is 0 Å². The smallest absolute Gasteiger partial charge is 0.270 e. The minimum Gasteiger partial charge on any atom is -0.409 e. The van der Waals surface area contributed by atoms with E-state index in [2.05, 4.69) is 5.16 Å². The average molecular weight is 294 g/mol. The highest BCUT2D eigenvalue weighted by Crippen LogP contribution is 2.30. The molecule has 21 heavy (non-hydrogen) atoms. The number of benzene rings is 1. The van der Waals surface area contributed by atoms with Gasteiger partial charge in [0.1, 0.15) is 0 Å². The summed E-state index contributed by atoms with van der Waals surface area (Å²) in [4.78, 5) is 12.2. The molecular formula is C13H18N4O4. The first-order chi connectivity index (χ1) is 9.84. The Bertz CT molecular complexity index is 586. The lowest BCUT2D eigenvalue weighted by atomic mass is 9.94. The maximum absolute atomic E-state index is 10.9. The molecule has 0 bridgehead atoms. The molecular weight excluding hydrogens is 276 g/mol. The van der Waals surface area contributed by atoms with Gasteiger partial charge >= 0.3 is 0 Å². The monoisotopic (exact) mass is 294 g/mol. The molecule has 0 aromatic heterocycles. The average Bonchev–Trinajstić information content (AvgIpc) is 2.44. The van der Waals surface area contributed by atoms with Gasteiger partial charge < -0.3 is 20.9 Å². The lowest BCUT2D eigenvalue weighted by molar-refractivity contribution is -0.384. The van der Waals surface area contributed by atoms with E-state index in [0.29, 0.717) is 25.2 Å². The van der Waals surface area contributed by atoms with Crippen molar-refractivity contribution >= 4 is 17.2 Å². The molecule has 1 heterocycles. The van der Waals surface area contributed by atoms with Crippen molar-refractivity contribution in [1.29, 1.82) is 0 Å². The summed E-state index contributed by atoms with van der Waals surface area (Å²) in [6.07, 6.45) is 1.48. The second kappa shape index (κ2) is 5.57. The summed E-state index contributed by atoms with van der Waals surface area (Å²) in [5, 5.41) is 32.8. The van der Waals surface area contributed by atoms with Crippen LogP contribution in [0.1, 0.15) is 25.3 Å². The van der Waals surface area contributed by atoms with E-state index in [9.17, 15) is 15.2 Å². The topological polar surface area (TPSA) is 125 Å². The number of nitrogens with zero attached hydrogens (tertiary/aromatic N) is 3. The Morgan fingerprint density at radius 2 is 2.29 bits per heavy atom. The summed E-state index contributed by atoms with van der Waals surface area (Å²) >= 11 is 0. The zero-order chi connectivity index (χ0) is 15.6. The van der Waals surface area contributed by atoms with E-state index in [1.165, 1.54) is 12.1 Å². The molecule has 1 aliphatic rings. The molecule has 4 N–H and O–H groups in total. The van der Waals surface area contributed by atoms with Crippen LogP contribution in [0.4, 0.5) is 11.4 Å². The molecule has 1 fully saturated rings. The third-order valence-electron chi connectivity index (χ3n) is 3.59. The summed E-state index contributed by atoms with van der Waals surface area (Å²) in [5.74, 6) is -0.195. The van der Waals surface area contributed by atoms with Crippen LogP contribution in [0.3, 0.4) is 0 Å². The van der Waals surface area contributed by atoms with E-state index in [0.717, 1.165) is 6.42 Å². The van der Waals surface area contributed by atoms with Crippen molar-refractivity contribution in [2.24, 2.45) is 10.9 Å². The van der Waals surface area contributed by atoms with E-state index >= 15 is 0 Å². The number of hydrogen-bond acceptors (Lipinski definition) is 6. The number of anilines is 1. The largest absolute Gasteiger partial charge is 0.409 e. The quantitative estimate of drug-likeness (QED) is 0.251. The van der Waals surface area contributed by atoms with E-state index in [-0.39, 0.29) is 17.1 Å². The Morgan fingerprint density at radius 3 is 2.86 bits per heavy atom. The van der Waals surface area contributed by atoms with Crippen LogP contribution in [0, 0.1) is 10.1 Å². The third kappa shape index (κ3) is 3.22. The maximum atomic E-state index is 10.9. The standard InChI is InChI=1S/C13H18N4O4/c1-13(18)5-2-6-16(8-13)11-4-3-9(17(20)21)7-10(11)12(14)15-19/h3-4,7,18-19H,2,5-6,8H2,1H3,(H2,14,15). The van der Waals surface area contributed by atoms with Crippen LogP contribution in [0.15, 0.2) is 23.4 Å². The summed E-state index contributed by atoms with van der Waals surface area (Å²) in [6.45, 7) is 2.82. The number of β-amino-alcohol motifs (C(OH)–C–C–N with tert-alkyl or cyclic N) is 1. The molecule has 1 aromatic rings. The number of rotatable bonds is 3. The van der Waals surface area contributed by atoms with Gasteiger partial charge in [0.05, 0.1) is 16.1 Å². The second-order valence-electron chi connectivity index (χ2n) is 5.47. The number of nitro benzene ring substituents is 1. The van der Waals surface area contributed by atoms with E-state index in [4.69, 9.17) is 10.9 Å². The number of amidine groups is 1. The molecule has 8 heteroatoms. The molecule has 2 rings (SSSR count). The zero-order valence-electron chi connectivity index (χ0n) is 11.7. The van der Waals surface area contributed by atoms with E-state index in [1.54, 1.807) is 13.0 Å². The normalized spacial score (nSPS) is 23.1. The van der Waals surface area contributed by atoms with Gasteiger partial charge in [0.2, 0.25) is 0 Å². The Balaban J connectivity index is 2.45. The Morgan fingerprint density at radius 1 is 1.57 bits per heavy atom. The van der Waals surface area contributed by atoms with Crippen LogP contribution >= 0.6 is 0 Å². The fraction of sp³-hybridized carbons (Fsp3) is 0.462. The summed E-state index contributed by atoms with van der Waals surface area (Å²) in [5.41, 5.74) is 5.55. The van der Waals surface area contributed by atoms with Crippen LogP contribution in [-0.4, -0.2) is 39.8 Å². The van der Waals surface area contributed by atoms with Crippen molar-refractivity contribution in [2.75, 3.05) is 18.0 Å². The molecule has 0 radical (unpaired) electrons. The van der Waals surface area contributed by atoms with Gasteiger partial charge in [-0.15, -0.1) is 0 Å². The van der Waals surface area contributed by atoms with E-state index in [1.807, 2.05) is 4.90 Å². The first-order valence-corrected chi connectivity index (χ1v) is 6.58. The number of nitro groups is 1. The van der Waals surface area contributed by atoms with Crippen LogP contribution in [0.5, 0.6) is 0 Å². The summed E-state index contributed by atoms with van der Waals surface area (Å²) in [6, 6.07) is 4.20. The van der Waals surface area contributed by atoms with Crippen molar-refractivity contribution in [3.8, 4) is 0 Å². The van der Waals surface area contributed by atoms with Gasteiger partial charge in [-0.2, -0.15) is 0 Å². The van der Waals surface area contributed by atoms with Gasteiger partial charge in [-0.1, -0.05) is 5.16 Å². The predicted molar refractivity (Wildman–Crippen MR) is 77.7 cm³/mol. The van der Waals surface area contributed by atoms with E-state index < -0.39 is 10.5 Å². The van der Waals surface area contributed by atoms with Crippen molar-refractivity contribution in [2.45, 2.75) is 25.4 Å². The van der Waals surface area contributed by atoms with Gasteiger partial charge in [0, 0.05) is 30.9 Å². The van der Waals surface area contributed by atoms with Gasteiger partial charge in [-0.05, 0) is 25.8 Å². The SMILES string of the molecule is CC1(O)CCCN(c2ccc([N+](=O)[O-])cc2/C(N)=N/O)C1. The molecule has 0 spiro atoms. The van der Waals surface area contributed by atoms with Gasteiger partial charge in [-0.25, -0.2) is 0 Å². The third-order valence-corrected chi connectivity index (χ3v) is 3.59. The molecule has 114 valence electrons. The fourth-order valence-electron chi connectivity index (χ4n) is 2.60. The van der Waals surface area contributed by atoms with Crippen molar-refractivity contribution in [3.63, 3.8) is 0 Å². The summed E-state index contributed by atoms with van der Waals surface area (Å²) in [7, 11) is 0. The van der Waals surface area contributed by atoms with Crippen molar-refractivity contribution in [1.82, 2.24) is 0 Å². The zero-order valence-corrected chi connectivity index (χ0v) is 11.7. The lowest BCUT2D eigenvalue weighted by Crippen LogP contribution is -2.46. The minimum absolute atomic E-state index is 0.135. The molecule has 0 aliphatic carbocycles. The molecule has 1 aromatic carbocycles.